The third kappa shape index (κ3) is 8.02. The second-order valence-corrected chi connectivity index (χ2v) is 7.85. The maximum Gasteiger partial charge on any atom is 0.277 e. The Labute approximate surface area is 181 Å². The van der Waals surface area contributed by atoms with Crippen molar-refractivity contribution in [2.75, 3.05) is 18.0 Å². The molecule has 0 saturated carbocycles. The van der Waals surface area contributed by atoms with E-state index in [0.29, 0.717) is 5.56 Å². The molecule has 0 aliphatic rings. The Hall–Kier alpha value is -2.62. The first-order chi connectivity index (χ1) is 14.7. The van der Waals surface area contributed by atoms with Crippen molar-refractivity contribution in [3.8, 4) is 0 Å². The van der Waals surface area contributed by atoms with Crippen molar-refractivity contribution in [1.29, 1.82) is 0 Å². The van der Waals surface area contributed by atoms with Crippen molar-refractivity contribution in [2.45, 2.75) is 65.2 Å². The molecule has 30 heavy (non-hydrogen) atoms. The maximum atomic E-state index is 11.6. The Morgan fingerprint density at radius 3 is 1.90 bits per heavy atom. The van der Waals surface area contributed by atoms with Crippen LogP contribution < -0.4 is 4.90 Å². The van der Waals surface area contributed by atoms with E-state index in [0.717, 1.165) is 18.7 Å². The van der Waals surface area contributed by atoms with Gasteiger partial charge in [0.15, 0.2) is 0 Å². The van der Waals surface area contributed by atoms with Gasteiger partial charge in [0.25, 0.3) is 5.70 Å². The number of anilines is 1. The molecule has 0 heterocycles. The summed E-state index contributed by atoms with van der Waals surface area (Å²) in [5, 5.41) is 11.6. The van der Waals surface area contributed by atoms with Gasteiger partial charge in [-0.3, -0.25) is 10.1 Å². The summed E-state index contributed by atoms with van der Waals surface area (Å²) < 4.78 is 0. The highest BCUT2D eigenvalue weighted by molar-refractivity contribution is 5.76. The maximum absolute atomic E-state index is 11.6. The second-order valence-electron chi connectivity index (χ2n) is 7.85. The molecule has 0 saturated heterocycles. The van der Waals surface area contributed by atoms with Crippen molar-refractivity contribution < 1.29 is 4.92 Å². The van der Waals surface area contributed by atoms with E-state index in [4.69, 9.17) is 0 Å². The van der Waals surface area contributed by atoms with Crippen LogP contribution in [-0.2, 0) is 0 Å². The molecule has 2 aromatic carbocycles. The van der Waals surface area contributed by atoms with E-state index in [2.05, 4.69) is 30.9 Å². The van der Waals surface area contributed by atoms with Crippen LogP contribution in [-0.4, -0.2) is 18.0 Å². The number of benzene rings is 2. The van der Waals surface area contributed by atoms with Crippen LogP contribution in [0.5, 0.6) is 0 Å². The van der Waals surface area contributed by atoms with Gasteiger partial charge in [-0.2, -0.15) is 0 Å². The van der Waals surface area contributed by atoms with Gasteiger partial charge < -0.3 is 4.90 Å². The summed E-state index contributed by atoms with van der Waals surface area (Å²) in [5.74, 6) is 0. The molecule has 0 unspecified atom stereocenters. The third-order valence-corrected chi connectivity index (χ3v) is 5.39. The number of nitrogens with zero attached hydrogens (tertiary/aromatic N) is 2. The molecule has 4 heteroatoms. The molecule has 2 rings (SSSR count). The predicted molar refractivity (Wildman–Crippen MR) is 128 cm³/mol. The van der Waals surface area contributed by atoms with Gasteiger partial charge in [-0.25, -0.2) is 0 Å². The minimum Gasteiger partial charge on any atom is -0.372 e. The van der Waals surface area contributed by atoms with E-state index in [-0.39, 0.29) is 10.6 Å². The molecule has 0 N–H and O–H groups in total. The van der Waals surface area contributed by atoms with Crippen molar-refractivity contribution in [3.05, 3.63) is 75.8 Å². The van der Waals surface area contributed by atoms with Gasteiger partial charge in [0.2, 0.25) is 0 Å². The molecule has 0 aliphatic carbocycles. The highest BCUT2D eigenvalue weighted by Gasteiger charge is 2.14. The van der Waals surface area contributed by atoms with Crippen molar-refractivity contribution in [3.63, 3.8) is 0 Å². The zero-order chi connectivity index (χ0) is 21.6. The van der Waals surface area contributed by atoms with Crippen molar-refractivity contribution >= 4 is 17.5 Å². The summed E-state index contributed by atoms with van der Waals surface area (Å²) in [5.41, 5.74) is 2.81. The molecule has 0 atom stereocenters. The lowest BCUT2D eigenvalue weighted by Gasteiger charge is -2.25. The Bertz CT molecular complexity index is 757. The van der Waals surface area contributed by atoms with E-state index in [1.807, 2.05) is 30.3 Å². The van der Waals surface area contributed by atoms with Gasteiger partial charge in [-0.1, -0.05) is 82.7 Å². The standard InChI is InChI=1S/C26H36N2O2/c1-3-5-7-12-20-27(21-13-8-6-4-2)25-18-16-23(17-19-25)22-26(28(29)30)24-14-10-9-11-15-24/h9-11,14-19,22H,3-8,12-13,20-21H2,1-2H3. The van der Waals surface area contributed by atoms with E-state index >= 15 is 0 Å². The highest BCUT2D eigenvalue weighted by atomic mass is 16.6. The topological polar surface area (TPSA) is 46.4 Å². The third-order valence-electron chi connectivity index (χ3n) is 5.39. The van der Waals surface area contributed by atoms with Crippen molar-refractivity contribution in [2.24, 2.45) is 0 Å². The van der Waals surface area contributed by atoms with Gasteiger partial charge in [0, 0.05) is 24.9 Å². The molecule has 162 valence electrons. The molecular formula is C26H36N2O2. The lowest BCUT2D eigenvalue weighted by atomic mass is 10.1. The Kier molecular flexibility index (Phi) is 10.7. The van der Waals surface area contributed by atoms with Crippen LogP contribution in [0.1, 0.15) is 76.3 Å². The Morgan fingerprint density at radius 1 is 0.833 bits per heavy atom. The summed E-state index contributed by atoms with van der Waals surface area (Å²) in [6.45, 7) is 6.63. The van der Waals surface area contributed by atoms with E-state index < -0.39 is 0 Å². The fraction of sp³-hybridized carbons (Fsp3) is 0.462. The normalized spacial score (nSPS) is 11.5. The molecule has 0 aliphatic heterocycles. The Balaban J connectivity index is 2.12. The summed E-state index contributed by atoms with van der Waals surface area (Å²) in [6, 6.07) is 17.3. The minimum atomic E-state index is -0.309. The summed E-state index contributed by atoms with van der Waals surface area (Å²) >= 11 is 0. The molecule has 0 bridgehead atoms. The lowest BCUT2D eigenvalue weighted by molar-refractivity contribution is -0.374. The number of nitro groups is 1. The predicted octanol–water partition coefficient (Wildman–Crippen LogP) is 7.43. The minimum absolute atomic E-state index is 0.124. The van der Waals surface area contributed by atoms with Gasteiger partial charge >= 0.3 is 0 Å². The van der Waals surface area contributed by atoms with Crippen LogP contribution in [0.4, 0.5) is 5.69 Å². The Morgan fingerprint density at radius 2 is 1.40 bits per heavy atom. The van der Waals surface area contributed by atoms with Crippen LogP contribution in [0.2, 0.25) is 0 Å². The number of rotatable bonds is 14. The van der Waals surface area contributed by atoms with Crippen molar-refractivity contribution in [1.82, 2.24) is 0 Å². The molecule has 0 radical (unpaired) electrons. The first-order valence-corrected chi connectivity index (χ1v) is 11.4. The zero-order valence-electron chi connectivity index (χ0n) is 18.6. The SMILES string of the molecule is CCCCCCN(CCCCCC)c1ccc(C=C(c2ccccc2)[N+](=O)[O-])cc1. The highest BCUT2D eigenvalue weighted by Crippen LogP contribution is 2.22. The van der Waals surface area contributed by atoms with Crippen LogP contribution in [0.25, 0.3) is 11.8 Å². The summed E-state index contributed by atoms with van der Waals surface area (Å²) in [7, 11) is 0. The second kappa shape index (κ2) is 13.6. The largest absolute Gasteiger partial charge is 0.372 e. The quantitative estimate of drug-likeness (QED) is 0.141. The summed E-state index contributed by atoms with van der Waals surface area (Å²) in [4.78, 5) is 13.7. The molecule has 0 spiro atoms. The molecule has 0 fully saturated rings. The summed E-state index contributed by atoms with van der Waals surface area (Å²) in [6.07, 6.45) is 11.7. The van der Waals surface area contributed by atoms with Gasteiger partial charge in [0.05, 0.1) is 10.5 Å². The smallest absolute Gasteiger partial charge is 0.277 e. The average molecular weight is 409 g/mol. The number of unbranched alkanes of at least 4 members (excludes halogenated alkanes) is 6. The van der Waals surface area contributed by atoms with E-state index in [1.54, 1.807) is 18.2 Å². The number of hydrogen-bond acceptors (Lipinski definition) is 3. The van der Waals surface area contributed by atoms with Crippen LogP contribution in [0, 0.1) is 10.1 Å². The van der Waals surface area contributed by atoms with Gasteiger partial charge in [0.1, 0.15) is 0 Å². The van der Waals surface area contributed by atoms with Crippen LogP contribution >= 0.6 is 0 Å². The first-order valence-electron chi connectivity index (χ1n) is 11.4. The zero-order valence-corrected chi connectivity index (χ0v) is 18.6. The molecular weight excluding hydrogens is 372 g/mol. The number of hydrogen-bond donors (Lipinski definition) is 0. The monoisotopic (exact) mass is 408 g/mol. The molecule has 0 amide bonds. The van der Waals surface area contributed by atoms with Crippen LogP contribution in [0.3, 0.4) is 0 Å². The average Bonchev–Trinajstić information content (AvgIpc) is 2.77. The molecule has 4 nitrogen and oxygen atoms in total. The van der Waals surface area contributed by atoms with Gasteiger partial charge in [-0.05, 0) is 42.7 Å². The molecule has 2 aromatic rings. The van der Waals surface area contributed by atoms with Gasteiger partial charge in [-0.15, -0.1) is 0 Å². The van der Waals surface area contributed by atoms with E-state index in [1.165, 1.54) is 57.1 Å². The fourth-order valence-electron chi connectivity index (χ4n) is 3.62. The first kappa shape index (κ1) is 23.7. The van der Waals surface area contributed by atoms with E-state index in [9.17, 15) is 10.1 Å². The fourth-order valence-corrected chi connectivity index (χ4v) is 3.62. The molecule has 0 aromatic heterocycles. The van der Waals surface area contributed by atoms with Crippen LogP contribution in [0.15, 0.2) is 54.6 Å². The lowest BCUT2D eigenvalue weighted by Crippen LogP contribution is -2.25.